The first-order valence-corrected chi connectivity index (χ1v) is 9.40. The van der Waals surface area contributed by atoms with Gasteiger partial charge in [-0.3, -0.25) is 0 Å². The minimum Gasteiger partial charge on any atom is -0.396 e. The van der Waals surface area contributed by atoms with E-state index in [1.165, 1.54) is 18.2 Å². The van der Waals surface area contributed by atoms with E-state index >= 15 is 0 Å². The molecule has 2 N–H and O–H groups in total. The standard InChI is InChI=1S/C17H20F3NO3S/c18-17(19,20)15-7-3-13(4-8-15)14-5-9-16(10-6-14)25(23,24)21-11-1-2-12-22/h3,5-7,9-10,21-22H,1-2,4,8,11-12H2. The lowest BCUT2D eigenvalue weighted by Gasteiger charge is -2.17. The largest absolute Gasteiger partial charge is 0.412 e. The lowest BCUT2D eigenvalue weighted by molar-refractivity contribution is -0.0939. The summed E-state index contributed by atoms with van der Waals surface area (Å²) in [7, 11) is -3.63. The van der Waals surface area contributed by atoms with Gasteiger partial charge in [-0.05, 0) is 49.0 Å². The highest BCUT2D eigenvalue weighted by atomic mass is 32.2. The average molecular weight is 375 g/mol. The molecule has 0 aliphatic heterocycles. The minimum absolute atomic E-state index is 0.00996. The maximum absolute atomic E-state index is 12.6. The van der Waals surface area contributed by atoms with E-state index in [1.54, 1.807) is 12.1 Å². The van der Waals surface area contributed by atoms with Gasteiger partial charge in [0.05, 0.1) is 4.90 Å². The van der Waals surface area contributed by atoms with Gasteiger partial charge in [0.15, 0.2) is 0 Å². The van der Waals surface area contributed by atoms with Gasteiger partial charge in [0.1, 0.15) is 0 Å². The van der Waals surface area contributed by atoms with Crippen molar-refractivity contribution >= 4 is 15.6 Å². The molecule has 1 aromatic carbocycles. The molecule has 4 nitrogen and oxygen atoms in total. The van der Waals surface area contributed by atoms with E-state index in [0.29, 0.717) is 18.4 Å². The fraction of sp³-hybridized carbons (Fsp3) is 0.412. The molecule has 0 radical (unpaired) electrons. The molecule has 0 bridgehead atoms. The topological polar surface area (TPSA) is 66.4 Å². The zero-order valence-corrected chi connectivity index (χ0v) is 14.3. The zero-order valence-electron chi connectivity index (χ0n) is 13.5. The summed E-state index contributed by atoms with van der Waals surface area (Å²) in [5.74, 6) is 0. The second-order valence-electron chi connectivity index (χ2n) is 5.73. The van der Waals surface area contributed by atoms with Crippen molar-refractivity contribution in [2.24, 2.45) is 0 Å². The van der Waals surface area contributed by atoms with E-state index < -0.39 is 21.8 Å². The van der Waals surface area contributed by atoms with Crippen molar-refractivity contribution < 1.29 is 26.7 Å². The monoisotopic (exact) mass is 375 g/mol. The predicted octanol–water partition coefficient (Wildman–Crippen LogP) is 3.40. The van der Waals surface area contributed by atoms with Crippen LogP contribution in [0.2, 0.25) is 0 Å². The molecule has 0 fully saturated rings. The third-order valence-electron chi connectivity index (χ3n) is 3.93. The highest BCUT2D eigenvalue weighted by Crippen LogP contribution is 2.35. The molecule has 1 aromatic rings. The Labute approximate surface area is 145 Å². The lowest BCUT2D eigenvalue weighted by atomic mass is 9.93. The van der Waals surface area contributed by atoms with E-state index in [1.807, 2.05) is 0 Å². The third-order valence-corrected chi connectivity index (χ3v) is 5.40. The SMILES string of the molecule is O=S(=O)(NCCCCO)c1ccc(C2=CC=C(C(F)(F)F)CC2)cc1. The van der Waals surface area contributed by atoms with Gasteiger partial charge in [0, 0.05) is 18.7 Å². The quantitative estimate of drug-likeness (QED) is 0.718. The van der Waals surface area contributed by atoms with Crippen LogP contribution < -0.4 is 4.72 Å². The van der Waals surface area contributed by atoms with E-state index in [4.69, 9.17) is 5.11 Å². The molecule has 0 spiro atoms. The van der Waals surface area contributed by atoms with Crippen LogP contribution in [0.1, 0.15) is 31.2 Å². The number of benzene rings is 1. The number of aliphatic hydroxyl groups is 1. The minimum atomic E-state index is -4.30. The van der Waals surface area contributed by atoms with Crippen LogP contribution >= 0.6 is 0 Å². The first kappa shape index (κ1) is 19.7. The van der Waals surface area contributed by atoms with Crippen molar-refractivity contribution in [3.05, 3.63) is 47.6 Å². The van der Waals surface area contributed by atoms with Gasteiger partial charge in [-0.1, -0.05) is 24.3 Å². The number of alkyl halides is 3. The van der Waals surface area contributed by atoms with Crippen LogP contribution in [0.15, 0.2) is 46.9 Å². The summed E-state index contributed by atoms with van der Waals surface area (Å²) in [6.45, 7) is 0.247. The molecule has 138 valence electrons. The van der Waals surface area contributed by atoms with Gasteiger partial charge in [-0.25, -0.2) is 13.1 Å². The highest BCUT2D eigenvalue weighted by Gasteiger charge is 2.33. The van der Waals surface area contributed by atoms with Crippen molar-refractivity contribution in [3.63, 3.8) is 0 Å². The molecule has 0 unspecified atom stereocenters. The molecule has 0 aromatic heterocycles. The third kappa shape index (κ3) is 5.42. The number of aliphatic hydroxyl groups excluding tert-OH is 1. The van der Waals surface area contributed by atoms with Gasteiger partial charge in [0.2, 0.25) is 10.0 Å². The van der Waals surface area contributed by atoms with Crippen molar-refractivity contribution in [3.8, 4) is 0 Å². The molecule has 2 rings (SSSR count). The smallest absolute Gasteiger partial charge is 0.396 e. The van der Waals surface area contributed by atoms with Crippen LogP contribution in [0.5, 0.6) is 0 Å². The Morgan fingerprint density at radius 1 is 1.04 bits per heavy atom. The van der Waals surface area contributed by atoms with Gasteiger partial charge < -0.3 is 5.11 Å². The maximum atomic E-state index is 12.6. The highest BCUT2D eigenvalue weighted by molar-refractivity contribution is 7.89. The zero-order chi connectivity index (χ0) is 18.5. The molecular formula is C17H20F3NO3S. The Hall–Kier alpha value is -1.64. The van der Waals surface area contributed by atoms with E-state index in [9.17, 15) is 21.6 Å². The molecule has 0 atom stereocenters. The summed E-state index contributed by atoms with van der Waals surface area (Å²) in [4.78, 5) is 0.100. The number of sulfonamides is 1. The van der Waals surface area contributed by atoms with E-state index in [2.05, 4.69) is 4.72 Å². The Morgan fingerprint density at radius 3 is 2.24 bits per heavy atom. The van der Waals surface area contributed by atoms with Crippen molar-refractivity contribution in [1.82, 2.24) is 4.72 Å². The number of hydrogen-bond donors (Lipinski definition) is 2. The van der Waals surface area contributed by atoms with Crippen LogP contribution in [-0.2, 0) is 10.0 Å². The summed E-state index contributed by atoms with van der Waals surface area (Å²) in [6.07, 6.45) is -0.562. The Balaban J connectivity index is 2.08. The molecule has 8 heteroatoms. The summed E-state index contributed by atoms with van der Waals surface area (Å²) in [5.41, 5.74) is 0.895. The molecule has 0 saturated heterocycles. The van der Waals surface area contributed by atoms with Gasteiger partial charge in [0.25, 0.3) is 0 Å². The first-order chi connectivity index (χ1) is 11.7. The fourth-order valence-corrected chi connectivity index (χ4v) is 3.56. The van der Waals surface area contributed by atoms with Gasteiger partial charge >= 0.3 is 6.18 Å². The summed E-state index contributed by atoms with van der Waals surface area (Å²) in [6, 6.07) is 6.07. The Morgan fingerprint density at radius 2 is 1.72 bits per heavy atom. The van der Waals surface area contributed by atoms with Crippen molar-refractivity contribution in [2.75, 3.05) is 13.2 Å². The van der Waals surface area contributed by atoms with Crippen LogP contribution in [0.4, 0.5) is 13.2 Å². The van der Waals surface area contributed by atoms with Crippen LogP contribution in [0, 0.1) is 0 Å². The summed E-state index contributed by atoms with van der Waals surface area (Å²) in [5, 5.41) is 8.68. The Kier molecular flexibility index (Phi) is 6.42. The van der Waals surface area contributed by atoms with Crippen LogP contribution in [0.25, 0.3) is 5.57 Å². The van der Waals surface area contributed by atoms with Crippen LogP contribution in [-0.4, -0.2) is 32.9 Å². The van der Waals surface area contributed by atoms with E-state index in [-0.39, 0.29) is 30.9 Å². The van der Waals surface area contributed by atoms with Crippen molar-refractivity contribution in [1.29, 1.82) is 0 Å². The first-order valence-electron chi connectivity index (χ1n) is 7.92. The number of allylic oxidation sites excluding steroid dienone is 4. The number of nitrogens with one attached hydrogen (secondary N) is 1. The van der Waals surface area contributed by atoms with E-state index in [0.717, 1.165) is 11.6 Å². The maximum Gasteiger partial charge on any atom is 0.412 e. The van der Waals surface area contributed by atoms with Gasteiger partial charge in [-0.2, -0.15) is 13.2 Å². The molecule has 0 saturated carbocycles. The molecule has 25 heavy (non-hydrogen) atoms. The predicted molar refractivity (Wildman–Crippen MR) is 89.3 cm³/mol. The number of hydrogen-bond acceptors (Lipinski definition) is 3. The molecule has 1 aliphatic carbocycles. The second-order valence-corrected chi connectivity index (χ2v) is 7.50. The fourth-order valence-electron chi connectivity index (χ4n) is 2.49. The Bertz CT molecular complexity index is 750. The molecule has 0 heterocycles. The second kappa shape index (κ2) is 8.16. The summed E-state index contributed by atoms with van der Waals surface area (Å²) >= 11 is 0. The molecule has 0 amide bonds. The number of rotatable bonds is 7. The number of halogens is 3. The summed E-state index contributed by atoms with van der Waals surface area (Å²) < 4.78 is 64.5. The molecule has 1 aliphatic rings. The van der Waals surface area contributed by atoms with Crippen molar-refractivity contribution in [2.45, 2.75) is 36.8 Å². The van der Waals surface area contributed by atoms with Crippen LogP contribution in [0.3, 0.4) is 0 Å². The number of unbranched alkanes of at least 4 members (excludes halogenated alkanes) is 1. The normalized spacial score (nSPS) is 15.7. The average Bonchev–Trinajstić information content (AvgIpc) is 2.58. The molecular weight excluding hydrogens is 355 g/mol. The van der Waals surface area contributed by atoms with Gasteiger partial charge in [-0.15, -0.1) is 0 Å². The lowest BCUT2D eigenvalue weighted by Crippen LogP contribution is -2.24.